The van der Waals surface area contributed by atoms with Gasteiger partial charge in [-0.3, -0.25) is 0 Å². The van der Waals surface area contributed by atoms with Crippen molar-refractivity contribution in [2.75, 3.05) is 55.5 Å². The van der Waals surface area contributed by atoms with Crippen LogP contribution >= 0.6 is 11.6 Å². The minimum Gasteiger partial charge on any atom is -0.497 e. The second-order valence-corrected chi connectivity index (χ2v) is 15.6. The molecule has 0 aromatic heterocycles. The van der Waals surface area contributed by atoms with Gasteiger partial charge in [0, 0.05) is 42.8 Å². The van der Waals surface area contributed by atoms with E-state index in [-0.39, 0.29) is 11.8 Å². The van der Waals surface area contributed by atoms with E-state index in [4.69, 9.17) is 21.1 Å². The third-order valence-electron chi connectivity index (χ3n) is 10.7. The molecular formula is C46H57ClN2O4. The Morgan fingerprint density at radius 1 is 0.623 bits per heavy atom. The van der Waals surface area contributed by atoms with Gasteiger partial charge in [0.2, 0.25) is 0 Å². The summed E-state index contributed by atoms with van der Waals surface area (Å²) >= 11 is 6.18. The number of rotatable bonds is 12. The third kappa shape index (κ3) is 10.6. The van der Waals surface area contributed by atoms with Crippen molar-refractivity contribution in [2.24, 2.45) is 11.8 Å². The first-order chi connectivity index (χ1) is 25.4. The molecule has 0 radical (unpaired) electrons. The van der Waals surface area contributed by atoms with Gasteiger partial charge in [-0.1, -0.05) is 90.5 Å². The molecule has 282 valence electrons. The first-order valence-corrected chi connectivity index (χ1v) is 19.0. The second kappa shape index (κ2) is 18.4. The van der Waals surface area contributed by atoms with Crippen molar-refractivity contribution in [2.45, 2.75) is 49.7 Å². The highest BCUT2D eigenvalue weighted by atomic mass is 35.5. The minimum atomic E-state index is -0.877. The molecule has 2 aliphatic rings. The average Bonchev–Trinajstić information content (AvgIpc) is 3.58. The summed E-state index contributed by atoms with van der Waals surface area (Å²) in [6.45, 7) is 1.74. The second-order valence-electron chi connectivity index (χ2n) is 15.2. The molecule has 0 amide bonds. The first kappa shape index (κ1) is 40.3. The Labute approximate surface area is 322 Å². The molecule has 53 heavy (non-hydrogen) atoms. The molecule has 4 aromatic carbocycles. The topological polar surface area (TPSA) is 65.4 Å². The summed E-state index contributed by atoms with van der Waals surface area (Å²) in [5.74, 6) is 2.08. The zero-order valence-electron chi connectivity index (χ0n) is 32.3. The van der Waals surface area contributed by atoms with Gasteiger partial charge in [-0.05, 0) is 124 Å². The monoisotopic (exact) mass is 736 g/mol. The van der Waals surface area contributed by atoms with E-state index in [1.165, 1.54) is 5.56 Å². The maximum Gasteiger partial charge on any atom is 0.119 e. The summed E-state index contributed by atoms with van der Waals surface area (Å²) in [7, 11) is 11.6. The van der Waals surface area contributed by atoms with E-state index in [0.29, 0.717) is 17.9 Å². The Hall–Kier alpha value is -3.91. The van der Waals surface area contributed by atoms with E-state index in [9.17, 15) is 10.2 Å². The zero-order valence-corrected chi connectivity index (χ0v) is 33.0. The highest BCUT2D eigenvalue weighted by Crippen LogP contribution is 2.45. The number of benzene rings is 4. The van der Waals surface area contributed by atoms with Crippen LogP contribution in [0.2, 0.25) is 5.02 Å². The summed E-state index contributed by atoms with van der Waals surface area (Å²) in [5, 5.41) is 24.3. The lowest BCUT2D eigenvalue weighted by molar-refractivity contribution is 0.0254. The van der Waals surface area contributed by atoms with Crippen molar-refractivity contribution >= 4 is 23.8 Å². The van der Waals surface area contributed by atoms with Gasteiger partial charge in [0.25, 0.3) is 0 Å². The fraction of sp³-hybridized carbons (Fsp3) is 0.391. The van der Waals surface area contributed by atoms with E-state index >= 15 is 0 Å². The van der Waals surface area contributed by atoms with Crippen LogP contribution in [-0.4, -0.2) is 86.7 Å². The van der Waals surface area contributed by atoms with Crippen molar-refractivity contribution in [3.63, 3.8) is 0 Å². The van der Waals surface area contributed by atoms with Crippen molar-refractivity contribution in [1.29, 1.82) is 0 Å². The molecule has 2 N–H and O–H groups in total. The Bertz CT molecular complexity index is 1840. The highest BCUT2D eigenvalue weighted by Gasteiger charge is 2.46. The summed E-state index contributed by atoms with van der Waals surface area (Å²) < 4.78 is 10.7. The molecule has 6 nitrogen and oxygen atoms in total. The van der Waals surface area contributed by atoms with E-state index in [1.54, 1.807) is 14.2 Å². The molecule has 0 aliphatic heterocycles. The SMILES string of the molecule is COc1cccc(C=C2CCC(CN(C)C)C2(O)Cc2cccc(Cl)c2)c1.COc1cccc(C=C2CCC(CN(C)C)C2(O)Cc2ccccc2)c1. The molecule has 2 fully saturated rings. The van der Waals surface area contributed by atoms with Crippen LogP contribution in [0.5, 0.6) is 11.5 Å². The van der Waals surface area contributed by atoms with Crippen molar-refractivity contribution in [1.82, 2.24) is 9.80 Å². The van der Waals surface area contributed by atoms with Crippen molar-refractivity contribution in [3.05, 3.63) is 142 Å². The van der Waals surface area contributed by atoms with Gasteiger partial charge in [0.1, 0.15) is 11.5 Å². The molecule has 0 bridgehead atoms. The van der Waals surface area contributed by atoms with Crippen LogP contribution in [0.1, 0.15) is 47.9 Å². The van der Waals surface area contributed by atoms with Crippen LogP contribution in [0, 0.1) is 11.8 Å². The smallest absolute Gasteiger partial charge is 0.119 e. The summed E-state index contributed by atoms with van der Waals surface area (Å²) in [6, 6.07) is 34.1. The van der Waals surface area contributed by atoms with Gasteiger partial charge >= 0.3 is 0 Å². The van der Waals surface area contributed by atoms with Gasteiger partial charge in [-0.2, -0.15) is 0 Å². The molecule has 0 heterocycles. The molecule has 2 saturated carbocycles. The van der Waals surface area contributed by atoms with Crippen LogP contribution in [0.15, 0.2) is 114 Å². The Morgan fingerprint density at radius 3 is 1.53 bits per heavy atom. The van der Waals surface area contributed by atoms with Crippen LogP contribution in [-0.2, 0) is 12.8 Å². The lowest BCUT2D eigenvalue weighted by atomic mass is 9.81. The molecule has 0 spiro atoms. The summed E-state index contributed by atoms with van der Waals surface area (Å²) in [4.78, 5) is 4.33. The van der Waals surface area contributed by atoms with Crippen LogP contribution < -0.4 is 9.47 Å². The van der Waals surface area contributed by atoms with Gasteiger partial charge < -0.3 is 29.5 Å². The van der Waals surface area contributed by atoms with E-state index < -0.39 is 11.2 Å². The Balaban J connectivity index is 0.000000204. The number of halogens is 1. The number of methoxy groups -OCH3 is 2. The number of ether oxygens (including phenoxy) is 2. The van der Waals surface area contributed by atoms with Gasteiger partial charge in [-0.25, -0.2) is 0 Å². The molecule has 4 aromatic rings. The van der Waals surface area contributed by atoms with E-state index in [0.717, 1.165) is 78.1 Å². The quantitative estimate of drug-likeness (QED) is 0.152. The van der Waals surface area contributed by atoms with E-state index in [1.807, 2.05) is 78.9 Å². The van der Waals surface area contributed by atoms with Crippen LogP contribution in [0.25, 0.3) is 12.2 Å². The summed E-state index contributed by atoms with van der Waals surface area (Å²) in [6.07, 6.45) is 9.32. The predicted octanol–water partition coefficient (Wildman–Crippen LogP) is 8.70. The number of aliphatic hydroxyl groups is 2. The van der Waals surface area contributed by atoms with Crippen molar-refractivity contribution in [3.8, 4) is 11.5 Å². The fourth-order valence-electron chi connectivity index (χ4n) is 8.10. The largest absolute Gasteiger partial charge is 0.497 e. The number of hydrogen-bond acceptors (Lipinski definition) is 6. The Morgan fingerprint density at radius 2 is 1.08 bits per heavy atom. The number of hydrogen-bond donors (Lipinski definition) is 2. The highest BCUT2D eigenvalue weighted by molar-refractivity contribution is 6.30. The molecule has 7 heteroatoms. The molecule has 0 saturated heterocycles. The lowest BCUT2D eigenvalue weighted by Gasteiger charge is -2.33. The lowest BCUT2D eigenvalue weighted by Crippen LogP contribution is -2.42. The standard InChI is InChI=1S/C23H28ClNO2.C23H29NO2/c1-25(2)16-20-11-10-19(12-17-6-5-9-22(14-17)27-3)23(20,26)15-18-7-4-8-21(24)13-18;1-24(2)17-21-13-12-20(14-19-10-7-11-22(15-19)26-3)23(21,25)16-18-8-5-4-6-9-18/h4-9,12-14,20,26H,10-11,15-16H2,1-3H3;4-11,14-15,21,25H,12-13,16-17H2,1-3H3. The third-order valence-corrected chi connectivity index (χ3v) is 10.9. The fourth-order valence-corrected chi connectivity index (χ4v) is 8.31. The van der Waals surface area contributed by atoms with Gasteiger partial charge in [0.05, 0.1) is 25.4 Å². The van der Waals surface area contributed by atoms with Gasteiger partial charge in [0.15, 0.2) is 0 Å². The first-order valence-electron chi connectivity index (χ1n) is 18.6. The Kier molecular flexibility index (Phi) is 14.0. The summed E-state index contributed by atoms with van der Waals surface area (Å²) in [5.41, 5.74) is 4.90. The van der Waals surface area contributed by atoms with Crippen molar-refractivity contribution < 1.29 is 19.7 Å². The molecule has 6 rings (SSSR count). The zero-order chi connectivity index (χ0) is 38.0. The maximum absolute atomic E-state index is 11.8. The number of nitrogens with zero attached hydrogens (tertiary/aromatic N) is 2. The van der Waals surface area contributed by atoms with Crippen LogP contribution in [0.3, 0.4) is 0 Å². The van der Waals surface area contributed by atoms with E-state index in [2.05, 4.69) is 74.4 Å². The molecule has 4 atom stereocenters. The van der Waals surface area contributed by atoms with Crippen LogP contribution in [0.4, 0.5) is 0 Å². The predicted molar refractivity (Wildman–Crippen MR) is 220 cm³/mol. The minimum absolute atomic E-state index is 0.184. The average molecular weight is 737 g/mol. The maximum atomic E-state index is 11.8. The molecular weight excluding hydrogens is 680 g/mol. The van der Waals surface area contributed by atoms with Gasteiger partial charge in [-0.15, -0.1) is 0 Å². The normalized spacial score (nSPS) is 24.1. The molecule has 4 unspecified atom stereocenters. The molecule has 2 aliphatic carbocycles.